The van der Waals surface area contributed by atoms with Crippen molar-refractivity contribution in [3.05, 3.63) is 23.8 Å². The van der Waals surface area contributed by atoms with Crippen LogP contribution in [-0.4, -0.2) is 39.0 Å². The highest BCUT2D eigenvalue weighted by Gasteiger charge is 2.26. The van der Waals surface area contributed by atoms with Crippen molar-refractivity contribution in [1.82, 2.24) is 9.62 Å². The van der Waals surface area contributed by atoms with Crippen molar-refractivity contribution < 1.29 is 8.42 Å². The molecule has 1 saturated heterocycles. The van der Waals surface area contributed by atoms with E-state index in [1.807, 2.05) is 6.07 Å². The second kappa shape index (κ2) is 6.43. The van der Waals surface area contributed by atoms with Crippen LogP contribution in [-0.2, 0) is 10.0 Å². The molecule has 1 atom stereocenters. The van der Waals surface area contributed by atoms with Crippen LogP contribution >= 0.6 is 0 Å². The molecular formula is C14H20N4O2S. The van der Waals surface area contributed by atoms with E-state index in [0.29, 0.717) is 12.2 Å². The van der Waals surface area contributed by atoms with Gasteiger partial charge >= 0.3 is 0 Å². The molecule has 0 bridgehead atoms. The highest BCUT2D eigenvalue weighted by atomic mass is 32.2. The van der Waals surface area contributed by atoms with Gasteiger partial charge in [-0.15, -0.1) is 0 Å². The minimum absolute atomic E-state index is 0.0137. The lowest BCUT2D eigenvalue weighted by Crippen LogP contribution is -2.40. The van der Waals surface area contributed by atoms with Gasteiger partial charge in [0, 0.05) is 18.3 Å². The van der Waals surface area contributed by atoms with Crippen molar-refractivity contribution in [2.24, 2.45) is 0 Å². The van der Waals surface area contributed by atoms with E-state index in [2.05, 4.69) is 16.5 Å². The van der Waals surface area contributed by atoms with E-state index in [4.69, 9.17) is 11.0 Å². The summed E-state index contributed by atoms with van der Waals surface area (Å²) in [5.41, 5.74) is 6.03. The van der Waals surface area contributed by atoms with Gasteiger partial charge in [0.25, 0.3) is 0 Å². The van der Waals surface area contributed by atoms with E-state index in [1.54, 1.807) is 0 Å². The molecule has 1 fully saturated rings. The van der Waals surface area contributed by atoms with E-state index >= 15 is 0 Å². The van der Waals surface area contributed by atoms with Gasteiger partial charge in [0.2, 0.25) is 10.0 Å². The molecule has 0 saturated carbocycles. The molecule has 0 aliphatic carbocycles. The quantitative estimate of drug-likeness (QED) is 0.787. The zero-order chi connectivity index (χ0) is 15.5. The number of likely N-dealkylation sites (N-methyl/N-ethyl adjacent to an activating group) is 1. The van der Waals surface area contributed by atoms with Crippen molar-refractivity contribution >= 4 is 15.7 Å². The van der Waals surface area contributed by atoms with Crippen molar-refractivity contribution in [2.45, 2.75) is 30.7 Å². The Labute approximate surface area is 125 Å². The minimum Gasteiger partial charge on any atom is -0.399 e. The summed E-state index contributed by atoms with van der Waals surface area (Å²) in [6, 6.07) is 6.35. The van der Waals surface area contributed by atoms with Crippen LogP contribution in [0.5, 0.6) is 0 Å². The first kappa shape index (κ1) is 15.8. The third-order valence-electron chi connectivity index (χ3n) is 3.83. The summed E-state index contributed by atoms with van der Waals surface area (Å²) in [4.78, 5) is 2.25. The van der Waals surface area contributed by atoms with Crippen LogP contribution in [0.15, 0.2) is 23.1 Å². The summed E-state index contributed by atoms with van der Waals surface area (Å²) in [6.45, 7) is 4.36. The number of hydrogen-bond acceptors (Lipinski definition) is 5. The average Bonchev–Trinajstić information content (AvgIpc) is 2.92. The molecular weight excluding hydrogens is 288 g/mol. The Morgan fingerprint density at radius 3 is 2.95 bits per heavy atom. The molecule has 1 aliphatic rings. The number of nitrogens with two attached hydrogens (primary N) is 1. The minimum atomic E-state index is -3.69. The van der Waals surface area contributed by atoms with E-state index in [9.17, 15) is 8.42 Å². The number of nitriles is 1. The lowest BCUT2D eigenvalue weighted by molar-refractivity contribution is 0.268. The van der Waals surface area contributed by atoms with Gasteiger partial charge in [-0.2, -0.15) is 5.26 Å². The molecule has 1 unspecified atom stereocenters. The van der Waals surface area contributed by atoms with Gasteiger partial charge in [0.05, 0.1) is 10.5 Å². The Bertz CT molecular complexity index is 651. The van der Waals surface area contributed by atoms with E-state index in [1.165, 1.54) is 18.2 Å². The number of nitrogens with zero attached hydrogens (tertiary/aromatic N) is 2. The van der Waals surface area contributed by atoms with Gasteiger partial charge in [-0.3, -0.25) is 4.90 Å². The molecule has 6 nitrogen and oxygen atoms in total. The van der Waals surface area contributed by atoms with E-state index in [0.717, 1.165) is 25.9 Å². The van der Waals surface area contributed by atoms with Crippen LogP contribution in [0.1, 0.15) is 25.3 Å². The number of benzene rings is 1. The average molecular weight is 308 g/mol. The smallest absolute Gasteiger partial charge is 0.241 e. The summed E-state index contributed by atoms with van der Waals surface area (Å²) in [5, 5.41) is 9.06. The molecule has 3 N–H and O–H groups in total. The predicted molar refractivity (Wildman–Crippen MR) is 81.0 cm³/mol. The van der Waals surface area contributed by atoms with Crippen LogP contribution in [0, 0.1) is 11.3 Å². The first-order valence-electron chi connectivity index (χ1n) is 7.01. The molecule has 1 aliphatic heterocycles. The van der Waals surface area contributed by atoms with Crippen LogP contribution in [0.3, 0.4) is 0 Å². The summed E-state index contributed by atoms with van der Waals surface area (Å²) in [6.07, 6.45) is 2.08. The van der Waals surface area contributed by atoms with Gasteiger partial charge in [-0.05, 0) is 44.1 Å². The Morgan fingerprint density at radius 1 is 1.52 bits per heavy atom. The number of nitrogens with one attached hydrogen (secondary N) is 1. The molecule has 0 aromatic heterocycles. The highest BCUT2D eigenvalue weighted by Crippen LogP contribution is 2.20. The lowest BCUT2D eigenvalue weighted by atomic mass is 10.2. The second-order valence-electron chi connectivity index (χ2n) is 5.14. The molecule has 2 rings (SSSR count). The fourth-order valence-corrected chi connectivity index (χ4v) is 3.90. The van der Waals surface area contributed by atoms with Crippen LogP contribution in [0.2, 0.25) is 0 Å². The molecule has 21 heavy (non-hydrogen) atoms. The van der Waals surface area contributed by atoms with Gasteiger partial charge in [-0.25, -0.2) is 13.1 Å². The maximum Gasteiger partial charge on any atom is 0.241 e. The monoisotopic (exact) mass is 308 g/mol. The number of hydrogen-bond donors (Lipinski definition) is 2. The maximum absolute atomic E-state index is 12.4. The zero-order valence-corrected chi connectivity index (χ0v) is 12.9. The van der Waals surface area contributed by atoms with Crippen LogP contribution in [0.25, 0.3) is 0 Å². The first-order valence-corrected chi connectivity index (χ1v) is 8.49. The fourth-order valence-electron chi connectivity index (χ4n) is 2.70. The SMILES string of the molecule is CCN1CCCC1CNS(=O)(=O)c1ccc(N)cc1C#N. The largest absolute Gasteiger partial charge is 0.399 e. The van der Waals surface area contributed by atoms with Gasteiger partial charge in [0.15, 0.2) is 0 Å². The Balaban J connectivity index is 2.14. The van der Waals surface area contributed by atoms with Crippen LogP contribution in [0.4, 0.5) is 5.69 Å². The van der Waals surface area contributed by atoms with Gasteiger partial charge in [-0.1, -0.05) is 6.92 Å². The highest BCUT2D eigenvalue weighted by molar-refractivity contribution is 7.89. The number of anilines is 1. The van der Waals surface area contributed by atoms with E-state index < -0.39 is 10.0 Å². The predicted octanol–water partition coefficient (Wildman–Crippen LogP) is 0.903. The molecule has 114 valence electrons. The van der Waals surface area contributed by atoms with Crippen molar-refractivity contribution in [1.29, 1.82) is 5.26 Å². The molecule has 0 amide bonds. The number of likely N-dealkylation sites (tertiary alicyclic amines) is 1. The molecule has 7 heteroatoms. The summed E-state index contributed by atoms with van der Waals surface area (Å²) in [7, 11) is -3.69. The lowest BCUT2D eigenvalue weighted by Gasteiger charge is -2.22. The molecule has 0 radical (unpaired) electrons. The van der Waals surface area contributed by atoms with Crippen LogP contribution < -0.4 is 10.5 Å². The molecule has 1 aromatic carbocycles. The Kier molecular flexibility index (Phi) is 4.83. The Morgan fingerprint density at radius 2 is 2.29 bits per heavy atom. The molecule has 0 spiro atoms. The van der Waals surface area contributed by atoms with E-state index in [-0.39, 0.29) is 16.5 Å². The molecule has 1 aromatic rings. The summed E-state index contributed by atoms with van der Waals surface area (Å²) < 4.78 is 27.3. The standard InChI is InChI=1S/C14H20N4O2S/c1-2-18-7-3-4-13(18)10-17-21(19,20)14-6-5-12(16)8-11(14)9-15/h5-6,8,13,17H,2-4,7,10,16H2,1H3. The summed E-state index contributed by atoms with van der Waals surface area (Å²) >= 11 is 0. The Hall–Kier alpha value is -1.62. The van der Waals surface area contributed by atoms with Gasteiger partial charge in [0.1, 0.15) is 6.07 Å². The third kappa shape index (κ3) is 3.53. The first-order chi connectivity index (χ1) is 9.97. The normalized spacial score (nSPS) is 19.5. The van der Waals surface area contributed by atoms with Crippen molar-refractivity contribution in [3.63, 3.8) is 0 Å². The number of nitrogen functional groups attached to an aromatic ring is 1. The van der Waals surface area contributed by atoms with Crippen molar-refractivity contribution in [2.75, 3.05) is 25.4 Å². The molecule has 1 heterocycles. The third-order valence-corrected chi connectivity index (χ3v) is 5.31. The zero-order valence-electron chi connectivity index (χ0n) is 12.0. The number of sulfonamides is 1. The summed E-state index contributed by atoms with van der Waals surface area (Å²) in [5.74, 6) is 0. The topological polar surface area (TPSA) is 99.2 Å². The van der Waals surface area contributed by atoms with Gasteiger partial charge < -0.3 is 5.73 Å². The number of rotatable bonds is 5. The fraction of sp³-hybridized carbons (Fsp3) is 0.500. The second-order valence-corrected chi connectivity index (χ2v) is 6.88. The maximum atomic E-state index is 12.4. The van der Waals surface area contributed by atoms with Crippen molar-refractivity contribution in [3.8, 4) is 6.07 Å².